The van der Waals surface area contributed by atoms with Gasteiger partial charge in [0.15, 0.2) is 0 Å². The van der Waals surface area contributed by atoms with Crippen molar-refractivity contribution in [1.29, 1.82) is 0 Å². The number of nitrogens with zero attached hydrogens (tertiary/aromatic N) is 1. The molecule has 1 aromatic heterocycles. The number of sulfonamides is 1. The Morgan fingerprint density at radius 2 is 1.74 bits per heavy atom. The molecule has 0 atom stereocenters. The van der Waals surface area contributed by atoms with Crippen molar-refractivity contribution in [2.24, 2.45) is 0 Å². The number of para-hydroxylation sites is 1. The lowest BCUT2D eigenvalue weighted by Crippen LogP contribution is -2.24. The fourth-order valence-corrected chi connectivity index (χ4v) is 3.73. The Kier molecular flexibility index (Phi) is 4.15. The Morgan fingerprint density at radius 3 is 2.57 bits per heavy atom. The molecule has 3 aromatic rings. The number of hydrogen-bond acceptors (Lipinski definition) is 3. The molecule has 4 nitrogen and oxygen atoms in total. The normalized spacial score (nSPS) is 11.7. The van der Waals surface area contributed by atoms with Crippen molar-refractivity contribution < 1.29 is 8.42 Å². The highest BCUT2D eigenvalue weighted by molar-refractivity contribution is 7.89. The molecule has 0 unspecified atom stereocenters. The van der Waals surface area contributed by atoms with Crippen LogP contribution in [0.25, 0.3) is 10.9 Å². The van der Waals surface area contributed by atoms with Crippen LogP contribution in [0.3, 0.4) is 0 Å². The third kappa shape index (κ3) is 3.11. The summed E-state index contributed by atoms with van der Waals surface area (Å²) in [5.41, 5.74) is 3.71. The highest BCUT2D eigenvalue weighted by atomic mass is 32.2. The quantitative estimate of drug-likeness (QED) is 0.800. The van der Waals surface area contributed by atoms with E-state index in [9.17, 15) is 8.42 Å². The molecule has 0 amide bonds. The zero-order valence-electron chi connectivity index (χ0n) is 13.1. The fraction of sp³-hybridized carbons (Fsp3) is 0.167. The predicted octanol–water partition coefficient (Wildman–Crippen LogP) is 3.33. The minimum absolute atomic E-state index is 0.209. The van der Waals surface area contributed by atoms with Crippen LogP contribution in [-0.4, -0.2) is 13.4 Å². The van der Waals surface area contributed by atoms with E-state index in [1.54, 1.807) is 24.4 Å². The van der Waals surface area contributed by atoms with Crippen molar-refractivity contribution in [3.8, 4) is 0 Å². The van der Waals surface area contributed by atoms with E-state index in [2.05, 4.69) is 9.71 Å². The average molecular weight is 326 g/mol. The van der Waals surface area contributed by atoms with E-state index in [1.165, 1.54) is 0 Å². The predicted molar refractivity (Wildman–Crippen MR) is 91.7 cm³/mol. The van der Waals surface area contributed by atoms with Crippen LogP contribution >= 0.6 is 0 Å². The second kappa shape index (κ2) is 6.10. The summed E-state index contributed by atoms with van der Waals surface area (Å²) < 4.78 is 28.0. The highest BCUT2D eigenvalue weighted by Gasteiger charge is 2.18. The van der Waals surface area contributed by atoms with E-state index in [1.807, 2.05) is 44.2 Å². The molecule has 0 radical (unpaired) electrons. The molecule has 5 heteroatoms. The first-order chi connectivity index (χ1) is 11.0. The summed E-state index contributed by atoms with van der Waals surface area (Å²) in [5, 5.41) is 0.808. The fourth-order valence-electron chi connectivity index (χ4n) is 2.55. The van der Waals surface area contributed by atoms with Gasteiger partial charge < -0.3 is 0 Å². The number of hydrogen-bond donors (Lipinski definition) is 1. The molecule has 1 heterocycles. The molecule has 0 aliphatic rings. The van der Waals surface area contributed by atoms with E-state index in [-0.39, 0.29) is 11.4 Å². The summed E-state index contributed by atoms with van der Waals surface area (Å²) in [4.78, 5) is 4.42. The van der Waals surface area contributed by atoms with E-state index in [4.69, 9.17) is 0 Å². The third-order valence-corrected chi connectivity index (χ3v) is 5.49. The number of nitrogens with one attached hydrogen (secondary N) is 1. The zero-order chi connectivity index (χ0) is 16.4. The van der Waals surface area contributed by atoms with E-state index in [0.717, 1.165) is 22.1 Å². The van der Waals surface area contributed by atoms with Crippen molar-refractivity contribution in [1.82, 2.24) is 9.71 Å². The Bertz CT molecular complexity index is 960. The maximum absolute atomic E-state index is 12.7. The Morgan fingerprint density at radius 1 is 1.00 bits per heavy atom. The molecule has 0 spiro atoms. The molecule has 118 valence electrons. The Balaban J connectivity index is 1.94. The molecule has 0 fully saturated rings. The van der Waals surface area contributed by atoms with Crippen molar-refractivity contribution in [3.63, 3.8) is 0 Å². The van der Waals surface area contributed by atoms with E-state index < -0.39 is 10.0 Å². The second-order valence-electron chi connectivity index (χ2n) is 5.51. The highest BCUT2D eigenvalue weighted by Crippen LogP contribution is 2.21. The second-order valence-corrected chi connectivity index (χ2v) is 7.25. The smallest absolute Gasteiger partial charge is 0.243 e. The van der Waals surface area contributed by atoms with Gasteiger partial charge in [-0.3, -0.25) is 4.98 Å². The maximum Gasteiger partial charge on any atom is 0.243 e. The van der Waals surface area contributed by atoms with Crippen molar-refractivity contribution in [2.45, 2.75) is 25.3 Å². The molecular formula is C18H18N2O2S. The summed E-state index contributed by atoms with van der Waals surface area (Å²) >= 11 is 0. The molecule has 0 bridgehead atoms. The third-order valence-electron chi connectivity index (χ3n) is 4.05. The number of rotatable bonds is 4. The number of aromatic nitrogens is 1. The molecule has 23 heavy (non-hydrogen) atoms. The van der Waals surface area contributed by atoms with Crippen molar-refractivity contribution in [2.75, 3.05) is 0 Å². The van der Waals surface area contributed by atoms with E-state index >= 15 is 0 Å². The average Bonchev–Trinajstić information content (AvgIpc) is 2.55. The number of fused-ring (bicyclic) bond motifs is 1. The lowest BCUT2D eigenvalue weighted by molar-refractivity contribution is 0.582. The lowest BCUT2D eigenvalue weighted by atomic mass is 10.0. The van der Waals surface area contributed by atoms with Gasteiger partial charge in [0.2, 0.25) is 10.0 Å². The number of pyridine rings is 1. The van der Waals surface area contributed by atoms with Gasteiger partial charge in [0.1, 0.15) is 4.90 Å². The van der Waals surface area contributed by atoms with Gasteiger partial charge in [-0.2, -0.15) is 0 Å². The molecule has 3 rings (SSSR count). The first-order valence-corrected chi connectivity index (χ1v) is 8.86. The first kappa shape index (κ1) is 15.6. The monoisotopic (exact) mass is 326 g/mol. The van der Waals surface area contributed by atoms with Gasteiger partial charge in [-0.1, -0.05) is 36.4 Å². The first-order valence-electron chi connectivity index (χ1n) is 7.37. The van der Waals surface area contributed by atoms with Crippen LogP contribution < -0.4 is 4.72 Å². The van der Waals surface area contributed by atoms with Crippen LogP contribution in [0.5, 0.6) is 0 Å². The van der Waals surface area contributed by atoms with Gasteiger partial charge in [-0.05, 0) is 42.7 Å². The van der Waals surface area contributed by atoms with Gasteiger partial charge in [0.25, 0.3) is 0 Å². The van der Waals surface area contributed by atoms with Gasteiger partial charge in [0, 0.05) is 18.1 Å². The van der Waals surface area contributed by atoms with Gasteiger partial charge in [-0.25, -0.2) is 13.1 Å². The van der Waals surface area contributed by atoms with Crippen molar-refractivity contribution in [3.05, 3.63) is 71.4 Å². The summed E-state index contributed by atoms with van der Waals surface area (Å²) in [5.74, 6) is 0. The van der Waals surface area contributed by atoms with Gasteiger partial charge in [-0.15, -0.1) is 0 Å². The lowest BCUT2D eigenvalue weighted by Gasteiger charge is -2.11. The summed E-state index contributed by atoms with van der Waals surface area (Å²) in [6.07, 6.45) is 1.60. The molecule has 0 saturated carbocycles. The van der Waals surface area contributed by atoms with Crippen LogP contribution in [0.1, 0.15) is 16.7 Å². The van der Waals surface area contributed by atoms with Crippen LogP contribution in [0, 0.1) is 13.8 Å². The SMILES string of the molecule is Cc1cccc(CNS(=O)(=O)c2cccc3cccnc23)c1C. The minimum atomic E-state index is -3.63. The van der Waals surface area contributed by atoms with Gasteiger partial charge >= 0.3 is 0 Å². The Labute approximate surface area is 136 Å². The summed E-state index contributed by atoms with van der Waals surface area (Å²) in [7, 11) is -3.63. The number of benzene rings is 2. The molecule has 0 aliphatic carbocycles. The topological polar surface area (TPSA) is 59.1 Å². The van der Waals surface area contributed by atoms with Crippen LogP contribution in [0.15, 0.2) is 59.6 Å². The largest absolute Gasteiger partial charge is 0.255 e. The molecule has 0 saturated heterocycles. The maximum atomic E-state index is 12.7. The Hall–Kier alpha value is -2.24. The van der Waals surface area contributed by atoms with Gasteiger partial charge in [0.05, 0.1) is 5.52 Å². The molecule has 1 N–H and O–H groups in total. The van der Waals surface area contributed by atoms with E-state index in [0.29, 0.717) is 5.52 Å². The standard InChI is InChI=1S/C18H18N2O2S/c1-13-6-3-8-16(14(13)2)12-20-23(21,22)17-10-4-7-15-9-5-11-19-18(15)17/h3-11,20H,12H2,1-2H3. The summed E-state index contributed by atoms with van der Waals surface area (Å²) in [6.45, 7) is 4.28. The number of aryl methyl sites for hydroxylation is 1. The van der Waals surface area contributed by atoms with Crippen LogP contribution in [0.2, 0.25) is 0 Å². The minimum Gasteiger partial charge on any atom is -0.255 e. The van der Waals surface area contributed by atoms with Crippen LogP contribution in [0.4, 0.5) is 0 Å². The molecule has 0 aliphatic heterocycles. The van der Waals surface area contributed by atoms with Crippen molar-refractivity contribution >= 4 is 20.9 Å². The summed E-state index contributed by atoms with van der Waals surface area (Å²) in [6, 6.07) is 14.7. The molecule has 2 aromatic carbocycles. The van der Waals surface area contributed by atoms with Crippen LogP contribution in [-0.2, 0) is 16.6 Å². The zero-order valence-corrected chi connectivity index (χ0v) is 13.9. The molecular weight excluding hydrogens is 308 g/mol.